The fourth-order valence-corrected chi connectivity index (χ4v) is 4.93. The number of likely N-dealkylation sites (tertiary alicyclic amines) is 1. The molecule has 2 aromatic rings. The third-order valence-corrected chi connectivity index (χ3v) is 7.12. The number of benzene rings is 2. The first-order valence-corrected chi connectivity index (χ1v) is 11.5. The summed E-state index contributed by atoms with van der Waals surface area (Å²) in [6.45, 7) is 3.66. The van der Waals surface area contributed by atoms with Crippen LogP contribution in [0.5, 0.6) is 0 Å². The number of rotatable bonds is 7. The standard InChI is InChI=1S/C22H29N3O3S/c1-3-18-9-11-20(12-10-18)25(29(27,28)21-7-5-4-6-8-21)17-22(26)23-19-13-15-24(2)16-14-19/h4-12,19H,3,13-17H2,1-2H3,(H,23,26). The lowest BCUT2D eigenvalue weighted by molar-refractivity contribution is -0.120. The van der Waals surface area contributed by atoms with E-state index in [0.29, 0.717) is 5.69 Å². The molecule has 3 rings (SSSR count). The van der Waals surface area contributed by atoms with Crippen molar-refractivity contribution in [2.45, 2.75) is 37.1 Å². The van der Waals surface area contributed by atoms with Gasteiger partial charge in [-0.15, -0.1) is 0 Å². The summed E-state index contributed by atoms with van der Waals surface area (Å²) in [6.07, 6.45) is 2.61. The van der Waals surface area contributed by atoms with E-state index in [1.54, 1.807) is 42.5 Å². The summed E-state index contributed by atoms with van der Waals surface area (Å²) in [7, 11) is -1.79. The van der Waals surface area contributed by atoms with Gasteiger partial charge in [-0.3, -0.25) is 9.10 Å². The molecule has 0 spiro atoms. The molecule has 0 saturated carbocycles. The molecule has 156 valence electrons. The second-order valence-corrected chi connectivity index (χ2v) is 9.35. The quantitative estimate of drug-likeness (QED) is 0.755. The van der Waals surface area contributed by atoms with E-state index in [0.717, 1.165) is 37.9 Å². The van der Waals surface area contributed by atoms with Crippen LogP contribution >= 0.6 is 0 Å². The molecule has 0 radical (unpaired) electrons. The van der Waals surface area contributed by atoms with Gasteiger partial charge in [0, 0.05) is 6.04 Å². The lowest BCUT2D eigenvalue weighted by Gasteiger charge is -2.30. The highest BCUT2D eigenvalue weighted by atomic mass is 32.2. The van der Waals surface area contributed by atoms with Crippen molar-refractivity contribution in [3.63, 3.8) is 0 Å². The molecule has 1 aliphatic heterocycles. The minimum atomic E-state index is -3.85. The average molecular weight is 416 g/mol. The van der Waals surface area contributed by atoms with Crippen LogP contribution in [0.1, 0.15) is 25.3 Å². The number of nitrogens with zero attached hydrogens (tertiary/aromatic N) is 2. The first-order valence-electron chi connectivity index (χ1n) is 10.0. The van der Waals surface area contributed by atoms with Gasteiger partial charge in [0.1, 0.15) is 6.54 Å². The van der Waals surface area contributed by atoms with Crippen molar-refractivity contribution >= 4 is 21.6 Å². The maximum Gasteiger partial charge on any atom is 0.264 e. The molecule has 0 atom stereocenters. The molecule has 29 heavy (non-hydrogen) atoms. The van der Waals surface area contributed by atoms with Crippen molar-refractivity contribution < 1.29 is 13.2 Å². The number of hydrogen-bond acceptors (Lipinski definition) is 4. The zero-order valence-electron chi connectivity index (χ0n) is 17.0. The summed E-state index contributed by atoms with van der Waals surface area (Å²) >= 11 is 0. The van der Waals surface area contributed by atoms with Crippen LogP contribution < -0.4 is 9.62 Å². The minimum Gasteiger partial charge on any atom is -0.352 e. The van der Waals surface area contributed by atoms with Crippen LogP contribution in [0.3, 0.4) is 0 Å². The molecular formula is C22H29N3O3S. The topological polar surface area (TPSA) is 69.7 Å². The molecule has 6 nitrogen and oxygen atoms in total. The SMILES string of the molecule is CCc1ccc(N(CC(=O)NC2CCN(C)CC2)S(=O)(=O)c2ccccc2)cc1. The molecule has 0 aliphatic carbocycles. The molecule has 0 unspecified atom stereocenters. The van der Waals surface area contributed by atoms with Gasteiger partial charge in [0.05, 0.1) is 10.6 Å². The number of anilines is 1. The van der Waals surface area contributed by atoms with Crippen molar-refractivity contribution in [2.24, 2.45) is 0 Å². The third-order valence-electron chi connectivity index (χ3n) is 5.33. The Balaban J connectivity index is 1.83. The maximum atomic E-state index is 13.3. The largest absolute Gasteiger partial charge is 0.352 e. The molecule has 0 aromatic heterocycles. The van der Waals surface area contributed by atoms with Crippen LogP contribution in [-0.4, -0.2) is 51.9 Å². The maximum absolute atomic E-state index is 13.3. The molecule has 1 amide bonds. The van der Waals surface area contributed by atoms with Gasteiger partial charge < -0.3 is 10.2 Å². The van der Waals surface area contributed by atoms with Crippen LogP contribution in [0.4, 0.5) is 5.69 Å². The molecule has 1 aliphatic rings. The zero-order chi connectivity index (χ0) is 20.9. The van der Waals surface area contributed by atoms with E-state index in [1.807, 2.05) is 19.1 Å². The van der Waals surface area contributed by atoms with Crippen LogP contribution in [0.2, 0.25) is 0 Å². The summed E-state index contributed by atoms with van der Waals surface area (Å²) in [6, 6.07) is 15.7. The third kappa shape index (κ3) is 5.36. The monoisotopic (exact) mass is 415 g/mol. The number of nitrogens with one attached hydrogen (secondary N) is 1. The first kappa shape index (κ1) is 21.3. The fraction of sp³-hybridized carbons (Fsp3) is 0.409. The Hall–Kier alpha value is -2.38. The fourth-order valence-electron chi connectivity index (χ4n) is 3.49. The van der Waals surface area contributed by atoms with Crippen LogP contribution in [0, 0.1) is 0 Å². The first-order chi connectivity index (χ1) is 13.9. The second-order valence-electron chi connectivity index (χ2n) is 7.49. The molecule has 1 N–H and O–H groups in total. The van der Waals surface area contributed by atoms with E-state index in [9.17, 15) is 13.2 Å². The minimum absolute atomic E-state index is 0.0856. The highest BCUT2D eigenvalue weighted by molar-refractivity contribution is 7.92. The number of sulfonamides is 1. The van der Waals surface area contributed by atoms with E-state index < -0.39 is 10.0 Å². The van der Waals surface area contributed by atoms with Crippen LogP contribution in [-0.2, 0) is 21.2 Å². The number of carbonyl (C=O) groups excluding carboxylic acids is 1. The summed E-state index contributed by atoms with van der Waals surface area (Å²) < 4.78 is 27.8. The smallest absolute Gasteiger partial charge is 0.264 e. The van der Waals surface area contributed by atoms with Gasteiger partial charge in [-0.1, -0.05) is 37.3 Å². The second kappa shape index (κ2) is 9.41. The predicted molar refractivity (Wildman–Crippen MR) is 115 cm³/mol. The van der Waals surface area contributed by atoms with E-state index in [-0.39, 0.29) is 23.4 Å². The predicted octanol–water partition coefficient (Wildman–Crippen LogP) is 2.65. The zero-order valence-corrected chi connectivity index (χ0v) is 17.9. The molecule has 0 bridgehead atoms. The molecule has 1 heterocycles. The Kier molecular flexibility index (Phi) is 6.92. The van der Waals surface area contributed by atoms with Crippen molar-refractivity contribution in [2.75, 3.05) is 31.0 Å². The molecular weight excluding hydrogens is 386 g/mol. The number of hydrogen-bond donors (Lipinski definition) is 1. The average Bonchev–Trinajstić information content (AvgIpc) is 2.74. The Labute approximate surface area is 173 Å². The van der Waals surface area contributed by atoms with Gasteiger partial charge in [-0.2, -0.15) is 0 Å². The van der Waals surface area contributed by atoms with Gasteiger partial charge in [-0.25, -0.2) is 8.42 Å². The van der Waals surface area contributed by atoms with E-state index in [4.69, 9.17) is 0 Å². The Morgan fingerprint density at radius 3 is 2.28 bits per heavy atom. The number of aryl methyl sites for hydroxylation is 1. The van der Waals surface area contributed by atoms with Crippen LogP contribution in [0.25, 0.3) is 0 Å². The summed E-state index contributed by atoms with van der Waals surface area (Å²) in [4.78, 5) is 15.1. The van der Waals surface area contributed by atoms with Crippen molar-refractivity contribution in [3.05, 3.63) is 60.2 Å². The van der Waals surface area contributed by atoms with Crippen molar-refractivity contribution in [1.29, 1.82) is 0 Å². The lowest BCUT2D eigenvalue weighted by atomic mass is 10.1. The summed E-state index contributed by atoms with van der Waals surface area (Å²) in [5.74, 6) is -0.279. The lowest BCUT2D eigenvalue weighted by Crippen LogP contribution is -2.47. The highest BCUT2D eigenvalue weighted by Gasteiger charge is 2.28. The number of piperidine rings is 1. The van der Waals surface area contributed by atoms with Gasteiger partial charge in [-0.05, 0) is 69.2 Å². The Bertz CT molecular complexity index is 906. The Morgan fingerprint density at radius 2 is 1.69 bits per heavy atom. The Morgan fingerprint density at radius 1 is 1.07 bits per heavy atom. The van der Waals surface area contributed by atoms with Gasteiger partial charge in [0.2, 0.25) is 5.91 Å². The van der Waals surface area contributed by atoms with Gasteiger partial charge in [0.25, 0.3) is 10.0 Å². The van der Waals surface area contributed by atoms with Gasteiger partial charge in [0.15, 0.2) is 0 Å². The molecule has 7 heteroatoms. The highest BCUT2D eigenvalue weighted by Crippen LogP contribution is 2.24. The normalized spacial score (nSPS) is 15.8. The summed E-state index contributed by atoms with van der Waals surface area (Å²) in [5, 5.41) is 3.01. The summed E-state index contributed by atoms with van der Waals surface area (Å²) in [5.41, 5.74) is 1.60. The van der Waals surface area contributed by atoms with Crippen molar-refractivity contribution in [1.82, 2.24) is 10.2 Å². The molecule has 1 saturated heterocycles. The van der Waals surface area contributed by atoms with E-state index >= 15 is 0 Å². The molecule has 2 aromatic carbocycles. The van der Waals surface area contributed by atoms with E-state index in [1.165, 1.54) is 4.31 Å². The molecule has 1 fully saturated rings. The van der Waals surface area contributed by atoms with Gasteiger partial charge >= 0.3 is 0 Å². The number of carbonyl (C=O) groups is 1. The number of amides is 1. The van der Waals surface area contributed by atoms with Crippen molar-refractivity contribution in [3.8, 4) is 0 Å². The van der Waals surface area contributed by atoms with E-state index in [2.05, 4.69) is 17.3 Å². The van der Waals surface area contributed by atoms with Crippen LogP contribution in [0.15, 0.2) is 59.5 Å².